The van der Waals surface area contributed by atoms with E-state index in [0.717, 1.165) is 44.8 Å². The Kier molecular flexibility index (Phi) is 4.03. The van der Waals surface area contributed by atoms with Crippen molar-refractivity contribution in [3.63, 3.8) is 0 Å². The number of hydrogen-bond donors (Lipinski definition) is 1. The van der Waals surface area contributed by atoms with Crippen LogP contribution in [0, 0.1) is 12.3 Å². The van der Waals surface area contributed by atoms with Crippen LogP contribution < -0.4 is 0 Å². The number of rotatable bonds is 3. The zero-order chi connectivity index (χ0) is 12.1. The van der Waals surface area contributed by atoms with Crippen molar-refractivity contribution >= 4 is 0 Å². The number of phenolic OH excluding ortho intramolecular Hbond substituents is 1. The molecule has 90 valence electrons. The number of hydrogen-bond acceptors (Lipinski definition) is 3. The maximum absolute atomic E-state index is 9.41. The Morgan fingerprint density at radius 2 is 1.88 bits per heavy atom. The van der Waals surface area contributed by atoms with Crippen molar-refractivity contribution in [3.05, 3.63) is 29.8 Å². The molecule has 0 bridgehead atoms. The molecule has 1 aromatic carbocycles. The normalized spacial score (nSPS) is 17.8. The molecule has 0 saturated carbocycles. The van der Waals surface area contributed by atoms with Crippen LogP contribution >= 0.6 is 0 Å². The van der Waals surface area contributed by atoms with Gasteiger partial charge in [0.05, 0.1) is 6.54 Å². The molecule has 1 aliphatic rings. The van der Waals surface area contributed by atoms with Crippen molar-refractivity contribution in [1.82, 2.24) is 9.80 Å². The van der Waals surface area contributed by atoms with E-state index < -0.39 is 0 Å². The first kappa shape index (κ1) is 12.0. The second-order valence-electron chi connectivity index (χ2n) is 4.43. The third kappa shape index (κ3) is 3.48. The Hall–Kier alpha value is -1.50. The van der Waals surface area contributed by atoms with Crippen LogP contribution in [-0.4, -0.2) is 47.6 Å². The van der Waals surface area contributed by atoms with Crippen LogP contribution in [0.15, 0.2) is 24.3 Å². The van der Waals surface area contributed by atoms with Gasteiger partial charge in [0.25, 0.3) is 0 Å². The quantitative estimate of drug-likeness (QED) is 0.789. The topological polar surface area (TPSA) is 26.7 Å². The minimum Gasteiger partial charge on any atom is -0.508 e. The summed E-state index contributed by atoms with van der Waals surface area (Å²) in [6.45, 7) is 5.79. The van der Waals surface area contributed by atoms with Crippen molar-refractivity contribution in [2.45, 2.75) is 6.54 Å². The predicted molar refractivity (Wildman–Crippen MR) is 68.7 cm³/mol. The van der Waals surface area contributed by atoms with E-state index in [-0.39, 0.29) is 0 Å². The molecule has 1 N–H and O–H groups in total. The Labute approximate surface area is 103 Å². The molecule has 2 rings (SSSR count). The van der Waals surface area contributed by atoms with Gasteiger partial charge in [0.15, 0.2) is 0 Å². The summed E-state index contributed by atoms with van der Waals surface area (Å²) in [6, 6.07) is 7.47. The van der Waals surface area contributed by atoms with Gasteiger partial charge in [-0.25, -0.2) is 0 Å². The molecule has 17 heavy (non-hydrogen) atoms. The van der Waals surface area contributed by atoms with Gasteiger partial charge in [0.1, 0.15) is 5.75 Å². The third-order valence-electron chi connectivity index (χ3n) is 3.10. The lowest BCUT2D eigenvalue weighted by Crippen LogP contribution is -2.45. The predicted octanol–water partition coefficient (Wildman–Crippen LogP) is 1.14. The highest BCUT2D eigenvalue weighted by Gasteiger charge is 2.15. The fraction of sp³-hybridized carbons (Fsp3) is 0.429. The fourth-order valence-corrected chi connectivity index (χ4v) is 2.15. The minimum absolute atomic E-state index is 0.341. The summed E-state index contributed by atoms with van der Waals surface area (Å²) in [6.07, 6.45) is 5.30. The Morgan fingerprint density at radius 1 is 1.18 bits per heavy atom. The molecule has 1 heterocycles. The highest BCUT2D eigenvalue weighted by molar-refractivity contribution is 5.27. The van der Waals surface area contributed by atoms with E-state index in [0.29, 0.717) is 5.75 Å². The molecule has 0 unspecified atom stereocenters. The maximum Gasteiger partial charge on any atom is 0.115 e. The molecule has 0 radical (unpaired) electrons. The van der Waals surface area contributed by atoms with Gasteiger partial charge in [-0.1, -0.05) is 18.1 Å². The number of benzene rings is 1. The van der Waals surface area contributed by atoms with Crippen molar-refractivity contribution in [2.24, 2.45) is 0 Å². The first-order valence-corrected chi connectivity index (χ1v) is 5.94. The van der Waals surface area contributed by atoms with E-state index in [1.54, 1.807) is 6.07 Å². The van der Waals surface area contributed by atoms with Crippen LogP contribution in [0.2, 0.25) is 0 Å². The molecule has 1 fully saturated rings. The summed E-state index contributed by atoms with van der Waals surface area (Å²) in [7, 11) is 0. The molecule has 1 saturated heterocycles. The molecule has 0 aromatic heterocycles. The van der Waals surface area contributed by atoms with Gasteiger partial charge in [-0.15, -0.1) is 6.42 Å². The van der Waals surface area contributed by atoms with E-state index in [1.165, 1.54) is 0 Å². The van der Waals surface area contributed by atoms with Crippen molar-refractivity contribution < 1.29 is 5.11 Å². The average molecular weight is 230 g/mol. The minimum atomic E-state index is 0.341. The van der Waals surface area contributed by atoms with Gasteiger partial charge in [-0.2, -0.15) is 0 Å². The molecule has 3 heteroatoms. The van der Waals surface area contributed by atoms with Crippen molar-refractivity contribution in [3.8, 4) is 18.1 Å². The summed E-state index contributed by atoms with van der Waals surface area (Å²) < 4.78 is 0. The lowest BCUT2D eigenvalue weighted by Gasteiger charge is -2.33. The highest BCUT2D eigenvalue weighted by Crippen LogP contribution is 2.14. The molecule has 1 aliphatic heterocycles. The summed E-state index contributed by atoms with van der Waals surface area (Å²) in [4.78, 5) is 4.68. The van der Waals surface area contributed by atoms with E-state index in [4.69, 9.17) is 6.42 Å². The second-order valence-corrected chi connectivity index (χ2v) is 4.43. The van der Waals surface area contributed by atoms with Crippen LogP contribution in [0.4, 0.5) is 0 Å². The van der Waals surface area contributed by atoms with Gasteiger partial charge in [0, 0.05) is 32.7 Å². The van der Waals surface area contributed by atoms with E-state index in [2.05, 4.69) is 15.7 Å². The third-order valence-corrected chi connectivity index (χ3v) is 3.10. The van der Waals surface area contributed by atoms with Crippen molar-refractivity contribution in [1.29, 1.82) is 0 Å². The lowest BCUT2D eigenvalue weighted by atomic mass is 10.2. The van der Waals surface area contributed by atoms with E-state index in [9.17, 15) is 5.11 Å². The second kappa shape index (κ2) is 5.72. The molecule has 1 aromatic rings. The lowest BCUT2D eigenvalue weighted by molar-refractivity contribution is 0.138. The Bertz CT molecular complexity index is 403. The Balaban J connectivity index is 1.84. The smallest absolute Gasteiger partial charge is 0.115 e. The summed E-state index contributed by atoms with van der Waals surface area (Å²) in [5, 5.41) is 9.41. The molecule has 3 nitrogen and oxygen atoms in total. The summed E-state index contributed by atoms with van der Waals surface area (Å²) >= 11 is 0. The first-order valence-electron chi connectivity index (χ1n) is 5.94. The molecule has 0 atom stereocenters. The Morgan fingerprint density at radius 3 is 2.53 bits per heavy atom. The fourth-order valence-electron chi connectivity index (χ4n) is 2.15. The number of terminal acetylenes is 1. The molecule has 0 amide bonds. The van der Waals surface area contributed by atoms with Crippen molar-refractivity contribution in [2.75, 3.05) is 32.7 Å². The average Bonchev–Trinajstić information content (AvgIpc) is 2.32. The molecule has 0 aliphatic carbocycles. The van der Waals surface area contributed by atoms with Gasteiger partial charge in [-0.05, 0) is 17.7 Å². The van der Waals surface area contributed by atoms with Crippen LogP contribution in [0.3, 0.4) is 0 Å². The van der Waals surface area contributed by atoms with Gasteiger partial charge in [0.2, 0.25) is 0 Å². The molecular formula is C14H18N2O. The summed E-state index contributed by atoms with van der Waals surface area (Å²) in [5.74, 6) is 3.02. The van der Waals surface area contributed by atoms with Crippen LogP contribution in [-0.2, 0) is 6.54 Å². The van der Waals surface area contributed by atoms with Gasteiger partial charge >= 0.3 is 0 Å². The molecular weight excluding hydrogens is 212 g/mol. The largest absolute Gasteiger partial charge is 0.508 e. The monoisotopic (exact) mass is 230 g/mol. The van der Waals surface area contributed by atoms with Gasteiger partial charge < -0.3 is 5.11 Å². The number of phenols is 1. The zero-order valence-corrected chi connectivity index (χ0v) is 9.97. The van der Waals surface area contributed by atoms with E-state index in [1.807, 2.05) is 18.2 Å². The van der Waals surface area contributed by atoms with Crippen LogP contribution in [0.25, 0.3) is 0 Å². The summed E-state index contributed by atoms with van der Waals surface area (Å²) in [5.41, 5.74) is 1.16. The number of nitrogens with zero attached hydrogens (tertiary/aromatic N) is 2. The number of piperazine rings is 1. The SMILES string of the molecule is C#CCN1CCN(Cc2cccc(O)c2)CC1. The van der Waals surface area contributed by atoms with Crippen LogP contribution in [0.5, 0.6) is 5.75 Å². The van der Waals surface area contributed by atoms with Gasteiger partial charge in [-0.3, -0.25) is 9.80 Å². The number of aromatic hydroxyl groups is 1. The van der Waals surface area contributed by atoms with E-state index >= 15 is 0 Å². The first-order chi connectivity index (χ1) is 8.28. The highest BCUT2D eigenvalue weighted by atomic mass is 16.3. The maximum atomic E-state index is 9.41. The standard InChI is InChI=1S/C14H18N2O/c1-2-6-15-7-9-16(10-8-15)12-13-4-3-5-14(17)11-13/h1,3-5,11,17H,6-10,12H2. The zero-order valence-electron chi connectivity index (χ0n) is 9.97. The molecule has 0 spiro atoms. The van der Waals surface area contributed by atoms with Crippen LogP contribution in [0.1, 0.15) is 5.56 Å².